The Labute approximate surface area is 107 Å². The molecular formula is C13H19NO4. The number of hydrogen-bond acceptors (Lipinski definition) is 4. The molecule has 0 unspecified atom stereocenters. The molecule has 0 fully saturated rings. The highest BCUT2D eigenvalue weighted by atomic mass is 16.5. The molecule has 0 saturated carbocycles. The molecule has 0 aromatic heterocycles. The minimum atomic E-state index is -0.130. The van der Waals surface area contributed by atoms with E-state index >= 15 is 0 Å². The Morgan fingerprint density at radius 3 is 2.72 bits per heavy atom. The lowest BCUT2D eigenvalue weighted by Crippen LogP contribution is -2.30. The van der Waals surface area contributed by atoms with Crippen LogP contribution in [0.2, 0.25) is 0 Å². The van der Waals surface area contributed by atoms with Gasteiger partial charge in [0, 0.05) is 26.3 Å². The van der Waals surface area contributed by atoms with Gasteiger partial charge in [0.15, 0.2) is 0 Å². The number of carbonyl (C=O) groups excluding carboxylic acids is 1. The summed E-state index contributed by atoms with van der Waals surface area (Å²) in [7, 11) is 3.25. The third-order valence-corrected chi connectivity index (χ3v) is 2.48. The molecule has 0 bridgehead atoms. The van der Waals surface area contributed by atoms with Gasteiger partial charge >= 0.3 is 0 Å². The lowest BCUT2D eigenvalue weighted by atomic mass is 10.2. The van der Waals surface area contributed by atoms with Crippen molar-refractivity contribution in [3.05, 3.63) is 29.8 Å². The van der Waals surface area contributed by atoms with Gasteiger partial charge in [0.05, 0.1) is 13.2 Å². The van der Waals surface area contributed by atoms with E-state index in [1.807, 2.05) is 6.07 Å². The first-order valence-electron chi connectivity index (χ1n) is 5.72. The van der Waals surface area contributed by atoms with Crippen LogP contribution >= 0.6 is 0 Å². The van der Waals surface area contributed by atoms with Gasteiger partial charge in [0.1, 0.15) is 12.4 Å². The van der Waals surface area contributed by atoms with Crippen LogP contribution < -0.4 is 0 Å². The molecule has 1 aromatic rings. The third-order valence-electron chi connectivity index (χ3n) is 2.48. The second-order valence-corrected chi connectivity index (χ2v) is 3.92. The molecule has 0 saturated heterocycles. The molecular weight excluding hydrogens is 234 g/mol. The van der Waals surface area contributed by atoms with Crippen LogP contribution in [-0.2, 0) is 20.8 Å². The molecule has 0 aliphatic heterocycles. The van der Waals surface area contributed by atoms with E-state index < -0.39 is 0 Å². The normalized spacial score (nSPS) is 10.3. The Morgan fingerprint density at radius 2 is 2.06 bits per heavy atom. The van der Waals surface area contributed by atoms with Crippen LogP contribution in [0.25, 0.3) is 0 Å². The lowest BCUT2D eigenvalue weighted by Gasteiger charge is -2.17. The van der Waals surface area contributed by atoms with E-state index in [-0.39, 0.29) is 18.3 Å². The molecule has 1 aromatic carbocycles. The average Bonchev–Trinajstić information content (AvgIpc) is 2.37. The average molecular weight is 253 g/mol. The van der Waals surface area contributed by atoms with Crippen LogP contribution in [0.5, 0.6) is 5.75 Å². The zero-order valence-electron chi connectivity index (χ0n) is 10.8. The SMILES string of the molecule is COCCOCC(=O)N(C)Cc1ccccc1O. The zero-order chi connectivity index (χ0) is 13.4. The van der Waals surface area contributed by atoms with E-state index in [0.29, 0.717) is 25.3 Å². The lowest BCUT2D eigenvalue weighted by molar-refractivity contribution is -0.135. The number of para-hydroxylation sites is 1. The second kappa shape index (κ2) is 7.68. The Kier molecular flexibility index (Phi) is 6.18. The standard InChI is InChI=1S/C13H19NO4/c1-14(13(16)10-18-8-7-17-2)9-11-5-3-4-6-12(11)15/h3-6,15H,7-10H2,1-2H3. The van der Waals surface area contributed by atoms with E-state index in [1.54, 1.807) is 32.4 Å². The minimum absolute atomic E-state index is 0.0213. The third kappa shape index (κ3) is 4.73. The number of rotatable bonds is 7. The molecule has 5 nitrogen and oxygen atoms in total. The fourth-order valence-electron chi connectivity index (χ4n) is 1.40. The Morgan fingerprint density at radius 1 is 1.33 bits per heavy atom. The first-order chi connectivity index (χ1) is 8.65. The van der Waals surface area contributed by atoms with Crippen LogP contribution in [0.15, 0.2) is 24.3 Å². The molecule has 1 N–H and O–H groups in total. The summed E-state index contributed by atoms with van der Waals surface area (Å²) in [5.74, 6) is 0.0619. The van der Waals surface area contributed by atoms with Gasteiger partial charge in [-0.05, 0) is 6.07 Å². The summed E-state index contributed by atoms with van der Waals surface area (Å²) in [6.07, 6.45) is 0. The largest absolute Gasteiger partial charge is 0.508 e. The van der Waals surface area contributed by atoms with Crippen molar-refractivity contribution in [1.29, 1.82) is 0 Å². The highest BCUT2D eigenvalue weighted by Crippen LogP contribution is 2.16. The van der Waals surface area contributed by atoms with Gasteiger partial charge in [-0.15, -0.1) is 0 Å². The summed E-state index contributed by atoms with van der Waals surface area (Å²) in [6.45, 7) is 1.25. The number of amides is 1. The zero-order valence-corrected chi connectivity index (χ0v) is 10.8. The number of phenolic OH excluding ortho intramolecular Hbond substituents is 1. The first kappa shape index (κ1) is 14.5. The molecule has 1 rings (SSSR count). The molecule has 100 valence electrons. The highest BCUT2D eigenvalue weighted by Gasteiger charge is 2.11. The van der Waals surface area contributed by atoms with E-state index in [0.717, 1.165) is 0 Å². The summed E-state index contributed by atoms with van der Waals surface area (Å²) in [5, 5.41) is 9.60. The van der Waals surface area contributed by atoms with Crippen molar-refractivity contribution in [3.8, 4) is 5.75 Å². The van der Waals surface area contributed by atoms with E-state index in [2.05, 4.69) is 0 Å². The van der Waals surface area contributed by atoms with Gasteiger partial charge in [0.25, 0.3) is 0 Å². The molecule has 18 heavy (non-hydrogen) atoms. The molecule has 0 heterocycles. The maximum absolute atomic E-state index is 11.7. The quantitative estimate of drug-likeness (QED) is 0.737. The van der Waals surface area contributed by atoms with Crippen molar-refractivity contribution in [2.45, 2.75) is 6.54 Å². The molecule has 0 aliphatic carbocycles. The van der Waals surface area contributed by atoms with Crippen LogP contribution in [0.3, 0.4) is 0 Å². The van der Waals surface area contributed by atoms with E-state index in [4.69, 9.17) is 9.47 Å². The van der Waals surface area contributed by atoms with Crippen molar-refractivity contribution < 1.29 is 19.4 Å². The summed E-state index contributed by atoms with van der Waals surface area (Å²) < 4.78 is 9.96. The maximum atomic E-state index is 11.7. The van der Waals surface area contributed by atoms with Gasteiger partial charge in [-0.2, -0.15) is 0 Å². The van der Waals surface area contributed by atoms with Crippen LogP contribution in [0.1, 0.15) is 5.56 Å². The van der Waals surface area contributed by atoms with E-state index in [1.165, 1.54) is 4.90 Å². The predicted octanol–water partition coefficient (Wildman–Crippen LogP) is 1.01. The topological polar surface area (TPSA) is 59.0 Å². The number of benzene rings is 1. The Balaban J connectivity index is 2.38. The van der Waals surface area contributed by atoms with Gasteiger partial charge in [-0.25, -0.2) is 0 Å². The number of carbonyl (C=O) groups is 1. The van der Waals surface area contributed by atoms with E-state index in [9.17, 15) is 9.90 Å². The summed E-state index contributed by atoms with van der Waals surface area (Å²) in [6, 6.07) is 6.95. The van der Waals surface area contributed by atoms with Crippen molar-refractivity contribution >= 4 is 5.91 Å². The summed E-state index contributed by atoms with van der Waals surface area (Å²) in [4.78, 5) is 13.2. The number of phenols is 1. The molecule has 5 heteroatoms. The molecule has 0 aliphatic rings. The summed E-state index contributed by atoms with van der Waals surface area (Å²) in [5.41, 5.74) is 0.713. The number of nitrogens with zero attached hydrogens (tertiary/aromatic N) is 1. The van der Waals surface area contributed by atoms with Crippen molar-refractivity contribution in [2.24, 2.45) is 0 Å². The molecule has 0 atom stereocenters. The second-order valence-electron chi connectivity index (χ2n) is 3.92. The number of aromatic hydroxyl groups is 1. The summed E-state index contributed by atoms with van der Waals surface area (Å²) >= 11 is 0. The maximum Gasteiger partial charge on any atom is 0.248 e. The van der Waals surface area contributed by atoms with Crippen molar-refractivity contribution in [1.82, 2.24) is 4.90 Å². The highest BCUT2D eigenvalue weighted by molar-refractivity contribution is 5.77. The fraction of sp³-hybridized carbons (Fsp3) is 0.462. The van der Waals surface area contributed by atoms with Crippen molar-refractivity contribution in [2.75, 3.05) is 34.0 Å². The number of likely N-dealkylation sites (N-methyl/N-ethyl adjacent to an activating group) is 1. The number of methoxy groups -OCH3 is 1. The molecule has 0 spiro atoms. The van der Waals surface area contributed by atoms with Gasteiger partial charge in [-0.1, -0.05) is 18.2 Å². The van der Waals surface area contributed by atoms with Gasteiger partial charge in [-0.3, -0.25) is 4.79 Å². The predicted molar refractivity (Wildman–Crippen MR) is 67.3 cm³/mol. The molecule has 0 radical (unpaired) electrons. The van der Waals surface area contributed by atoms with Crippen molar-refractivity contribution in [3.63, 3.8) is 0 Å². The van der Waals surface area contributed by atoms with Crippen LogP contribution in [0, 0.1) is 0 Å². The van der Waals surface area contributed by atoms with Crippen LogP contribution in [-0.4, -0.2) is 49.9 Å². The minimum Gasteiger partial charge on any atom is -0.508 e. The fourth-order valence-corrected chi connectivity index (χ4v) is 1.40. The smallest absolute Gasteiger partial charge is 0.248 e. The number of ether oxygens (including phenoxy) is 2. The monoisotopic (exact) mass is 253 g/mol. The van der Waals surface area contributed by atoms with Gasteiger partial charge in [0.2, 0.25) is 5.91 Å². The first-order valence-corrected chi connectivity index (χ1v) is 5.72. The van der Waals surface area contributed by atoms with Crippen LogP contribution in [0.4, 0.5) is 0 Å². The van der Waals surface area contributed by atoms with Gasteiger partial charge < -0.3 is 19.5 Å². The Bertz CT molecular complexity index is 381. The number of hydrogen-bond donors (Lipinski definition) is 1. The molecule has 1 amide bonds. The Hall–Kier alpha value is -1.59.